The first-order chi connectivity index (χ1) is 11.7. The van der Waals surface area contributed by atoms with Gasteiger partial charge in [-0.05, 0) is 53.5 Å². The van der Waals surface area contributed by atoms with Gasteiger partial charge in [0.2, 0.25) is 0 Å². The maximum absolute atomic E-state index is 10.0. The van der Waals surface area contributed by atoms with E-state index in [1.165, 1.54) is 16.7 Å². The number of aliphatic hydroxyl groups excluding tert-OH is 2. The summed E-state index contributed by atoms with van der Waals surface area (Å²) in [5.41, 5.74) is 6.27. The van der Waals surface area contributed by atoms with Crippen molar-refractivity contribution in [2.75, 3.05) is 6.61 Å². The molecule has 2 atom stereocenters. The Kier molecular flexibility index (Phi) is 5.49. The predicted molar refractivity (Wildman–Crippen MR) is 98.9 cm³/mol. The molecule has 0 aromatic heterocycles. The molecular weight excluding hydrogens is 296 g/mol. The largest absolute Gasteiger partial charge is 0.396 e. The molecule has 24 heavy (non-hydrogen) atoms. The van der Waals surface area contributed by atoms with Crippen LogP contribution in [0.3, 0.4) is 0 Å². The van der Waals surface area contributed by atoms with E-state index in [9.17, 15) is 10.2 Å². The first-order valence-corrected chi connectivity index (χ1v) is 8.84. The highest BCUT2D eigenvalue weighted by atomic mass is 16.3. The van der Waals surface area contributed by atoms with Crippen molar-refractivity contribution in [3.05, 3.63) is 76.9 Å². The van der Waals surface area contributed by atoms with Crippen molar-refractivity contribution in [2.24, 2.45) is 5.92 Å². The Morgan fingerprint density at radius 3 is 2.46 bits per heavy atom. The minimum Gasteiger partial charge on any atom is -0.396 e. The number of hydrogen-bond acceptors (Lipinski definition) is 2. The Morgan fingerprint density at radius 2 is 1.75 bits per heavy atom. The number of hydrogen-bond donors (Lipinski definition) is 2. The maximum atomic E-state index is 10.0. The molecule has 2 aromatic rings. The molecule has 0 saturated carbocycles. The highest BCUT2D eigenvalue weighted by molar-refractivity contribution is 5.67. The zero-order valence-corrected chi connectivity index (χ0v) is 14.3. The monoisotopic (exact) mass is 322 g/mol. The molecule has 0 amide bonds. The van der Waals surface area contributed by atoms with Crippen LogP contribution >= 0.6 is 0 Å². The molecule has 1 aliphatic carbocycles. The Labute approximate surface area is 144 Å². The van der Waals surface area contributed by atoms with Crippen molar-refractivity contribution in [2.45, 2.75) is 38.7 Å². The molecule has 2 aromatic carbocycles. The van der Waals surface area contributed by atoms with E-state index >= 15 is 0 Å². The van der Waals surface area contributed by atoms with Crippen molar-refractivity contribution in [1.29, 1.82) is 0 Å². The van der Waals surface area contributed by atoms with Crippen LogP contribution in [0.2, 0.25) is 0 Å². The topological polar surface area (TPSA) is 40.5 Å². The Morgan fingerprint density at radius 1 is 1.00 bits per heavy atom. The van der Waals surface area contributed by atoms with Crippen LogP contribution in [0.15, 0.2) is 54.6 Å². The van der Waals surface area contributed by atoms with Gasteiger partial charge in [0.1, 0.15) is 0 Å². The van der Waals surface area contributed by atoms with Gasteiger partial charge in [-0.25, -0.2) is 0 Å². The van der Waals surface area contributed by atoms with Crippen LogP contribution in [0, 0.1) is 5.92 Å². The van der Waals surface area contributed by atoms with Gasteiger partial charge in [0.05, 0.1) is 6.10 Å². The summed E-state index contributed by atoms with van der Waals surface area (Å²) in [5, 5.41) is 19.5. The smallest absolute Gasteiger partial charge is 0.0587 e. The SMILES string of the molecule is CCc1ccc(Cc2cccc(C3=CC(CO)CC(O)C3)c2)cc1. The second-order valence-corrected chi connectivity index (χ2v) is 6.78. The first kappa shape index (κ1) is 16.9. The second-order valence-electron chi connectivity index (χ2n) is 6.78. The lowest BCUT2D eigenvalue weighted by Crippen LogP contribution is -2.20. The lowest BCUT2D eigenvalue weighted by Gasteiger charge is -2.24. The Balaban J connectivity index is 1.79. The number of benzene rings is 2. The minimum absolute atomic E-state index is 0.0639. The molecule has 0 radical (unpaired) electrons. The van der Waals surface area contributed by atoms with E-state index < -0.39 is 0 Å². The summed E-state index contributed by atoms with van der Waals surface area (Å²) in [4.78, 5) is 0. The van der Waals surface area contributed by atoms with E-state index in [0.717, 1.165) is 24.0 Å². The fraction of sp³-hybridized carbons (Fsp3) is 0.364. The van der Waals surface area contributed by atoms with Crippen LogP contribution in [0.1, 0.15) is 42.0 Å². The van der Waals surface area contributed by atoms with Crippen molar-refractivity contribution in [3.8, 4) is 0 Å². The molecule has 2 N–H and O–H groups in total. The van der Waals surface area contributed by atoms with E-state index in [-0.39, 0.29) is 18.6 Å². The quantitative estimate of drug-likeness (QED) is 0.874. The van der Waals surface area contributed by atoms with Gasteiger partial charge in [-0.2, -0.15) is 0 Å². The van der Waals surface area contributed by atoms with Gasteiger partial charge < -0.3 is 10.2 Å². The third-order valence-corrected chi connectivity index (χ3v) is 4.84. The molecule has 0 saturated heterocycles. The summed E-state index contributed by atoms with van der Waals surface area (Å²) in [6, 6.07) is 17.4. The summed E-state index contributed by atoms with van der Waals surface area (Å²) < 4.78 is 0. The van der Waals surface area contributed by atoms with Crippen LogP contribution in [-0.2, 0) is 12.8 Å². The molecule has 2 heteroatoms. The van der Waals surface area contributed by atoms with Crippen molar-refractivity contribution in [3.63, 3.8) is 0 Å². The molecule has 0 spiro atoms. The molecule has 2 nitrogen and oxygen atoms in total. The molecule has 126 valence electrons. The summed E-state index contributed by atoms with van der Waals surface area (Å²) in [6.45, 7) is 2.27. The summed E-state index contributed by atoms with van der Waals surface area (Å²) in [5.74, 6) is 0.0639. The molecular formula is C22H26O2. The predicted octanol–water partition coefficient (Wildman–Crippen LogP) is 3.99. The number of aryl methyl sites for hydroxylation is 1. The third kappa shape index (κ3) is 4.14. The lowest BCUT2D eigenvalue weighted by atomic mass is 9.85. The Bertz CT molecular complexity index is 700. The molecule has 0 fully saturated rings. The first-order valence-electron chi connectivity index (χ1n) is 8.84. The number of rotatable bonds is 5. The maximum Gasteiger partial charge on any atom is 0.0587 e. The summed E-state index contributed by atoms with van der Waals surface area (Å²) in [7, 11) is 0. The number of aliphatic hydroxyl groups is 2. The minimum atomic E-state index is -0.354. The molecule has 0 aliphatic heterocycles. The van der Waals surface area contributed by atoms with Gasteiger partial charge >= 0.3 is 0 Å². The van der Waals surface area contributed by atoms with Crippen LogP contribution in [-0.4, -0.2) is 22.9 Å². The normalized spacial score (nSPS) is 20.7. The second kappa shape index (κ2) is 7.78. The van der Waals surface area contributed by atoms with Gasteiger partial charge in [0.25, 0.3) is 0 Å². The summed E-state index contributed by atoms with van der Waals surface area (Å²) >= 11 is 0. The standard InChI is InChI=1S/C22H26O2/c1-2-16-6-8-17(9-7-16)10-18-4-3-5-20(11-18)21-12-19(15-23)13-22(24)14-21/h3-9,11-12,19,22-24H,2,10,13-15H2,1H3. The van der Waals surface area contributed by atoms with E-state index in [2.05, 4.69) is 61.5 Å². The molecule has 0 heterocycles. The fourth-order valence-corrected chi connectivity index (χ4v) is 3.46. The van der Waals surface area contributed by atoms with Gasteiger partial charge in [0, 0.05) is 12.5 Å². The van der Waals surface area contributed by atoms with Crippen molar-refractivity contribution < 1.29 is 10.2 Å². The highest BCUT2D eigenvalue weighted by Gasteiger charge is 2.21. The van der Waals surface area contributed by atoms with Gasteiger partial charge in [-0.3, -0.25) is 0 Å². The summed E-state index contributed by atoms with van der Waals surface area (Å²) in [6.07, 6.45) is 5.08. The molecule has 0 bridgehead atoms. The molecule has 2 unspecified atom stereocenters. The van der Waals surface area contributed by atoms with E-state index in [4.69, 9.17) is 0 Å². The average molecular weight is 322 g/mol. The van der Waals surface area contributed by atoms with Crippen LogP contribution in [0.25, 0.3) is 5.57 Å². The van der Waals surface area contributed by atoms with E-state index in [0.29, 0.717) is 12.8 Å². The van der Waals surface area contributed by atoms with Crippen molar-refractivity contribution in [1.82, 2.24) is 0 Å². The zero-order valence-electron chi connectivity index (χ0n) is 14.3. The van der Waals surface area contributed by atoms with Crippen molar-refractivity contribution >= 4 is 5.57 Å². The molecule has 1 aliphatic rings. The average Bonchev–Trinajstić information content (AvgIpc) is 2.62. The van der Waals surface area contributed by atoms with Gasteiger partial charge in [-0.1, -0.05) is 61.5 Å². The van der Waals surface area contributed by atoms with Gasteiger partial charge in [-0.15, -0.1) is 0 Å². The van der Waals surface area contributed by atoms with Gasteiger partial charge in [0.15, 0.2) is 0 Å². The van der Waals surface area contributed by atoms with Crippen LogP contribution in [0.4, 0.5) is 0 Å². The Hall–Kier alpha value is -1.90. The van der Waals surface area contributed by atoms with Crippen LogP contribution in [0.5, 0.6) is 0 Å². The fourth-order valence-electron chi connectivity index (χ4n) is 3.46. The molecule has 3 rings (SSSR count). The van der Waals surface area contributed by atoms with Crippen LogP contribution < -0.4 is 0 Å². The third-order valence-electron chi connectivity index (χ3n) is 4.84. The lowest BCUT2D eigenvalue weighted by molar-refractivity contribution is 0.128. The van der Waals surface area contributed by atoms with E-state index in [1.807, 2.05) is 0 Å². The zero-order chi connectivity index (χ0) is 16.9. The van der Waals surface area contributed by atoms with E-state index in [1.54, 1.807) is 0 Å². The highest BCUT2D eigenvalue weighted by Crippen LogP contribution is 2.30.